The average molecular weight is 325 g/mol. The molecule has 0 bridgehead atoms. The lowest BCUT2D eigenvalue weighted by molar-refractivity contribution is -0.0436. The second kappa shape index (κ2) is 7.65. The van der Waals surface area contributed by atoms with Crippen molar-refractivity contribution in [2.24, 2.45) is 0 Å². The molecule has 1 aromatic carbocycles. The number of aliphatic hydroxyl groups is 1. The lowest BCUT2D eigenvalue weighted by Gasteiger charge is -2.10. The van der Waals surface area contributed by atoms with E-state index >= 15 is 0 Å². The quantitative estimate of drug-likeness (QED) is 0.721. The molecule has 0 unspecified atom stereocenters. The number of halogens is 3. The monoisotopic (exact) mass is 325 g/mol. The van der Waals surface area contributed by atoms with Gasteiger partial charge in [0.25, 0.3) is 9.84 Å². The van der Waals surface area contributed by atoms with Gasteiger partial charge >= 0.3 is 5.51 Å². The minimum atomic E-state index is -5.28. The molecule has 21 heavy (non-hydrogen) atoms. The van der Waals surface area contributed by atoms with Gasteiger partial charge in [-0.15, -0.1) is 0 Å². The highest BCUT2D eigenvalue weighted by molar-refractivity contribution is 7.92. The molecule has 0 aliphatic heterocycles. The number of aliphatic hydroxyl groups excluding tert-OH is 1. The van der Waals surface area contributed by atoms with Crippen molar-refractivity contribution in [2.45, 2.75) is 36.1 Å². The molecule has 120 valence electrons. The summed E-state index contributed by atoms with van der Waals surface area (Å²) >= 11 is 0. The molecule has 0 saturated carbocycles. The summed E-state index contributed by atoms with van der Waals surface area (Å²) in [5, 5.41) is 11.6. The SMILES string of the molecule is O=S(=O)(c1ccc(NCCCCCCO)cc1)C(F)(F)F. The van der Waals surface area contributed by atoms with Gasteiger partial charge in [0.05, 0.1) is 4.90 Å². The Morgan fingerprint density at radius 2 is 1.57 bits per heavy atom. The Bertz CT molecular complexity index is 527. The molecule has 0 spiro atoms. The summed E-state index contributed by atoms with van der Waals surface area (Å²) in [5.41, 5.74) is -4.72. The number of benzene rings is 1. The van der Waals surface area contributed by atoms with Crippen LogP contribution < -0.4 is 5.32 Å². The summed E-state index contributed by atoms with van der Waals surface area (Å²) in [4.78, 5) is -0.761. The molecule has 0 fully saturated rings. The third-order valence-corrected chi connectivity index (χ3v) is 4.39. The van der Waals surface area contributed by atoms with Crippen molar-refractivity contribution in [1.82, 2.24) is 0 Å². The summed E-state index contributed by atoms with van der Waals surface area (Å²) in [6, 6.07) is 4.51. The summed E-state index contributed by atoms with van der Waals surface area (Å²) in [6.07, 6.45) is 3.47. The Balaban J connectivity index is 2.52. The van der Waals surface area contributed by atoms with E-state index in [1.54, 1.807) is 0 Å². The van der Waals surface area contributed by atoms with Gasteiger partial charge in [-0.3, -0.25) is 0 Å². The molecule has 8 heteroatoms. The van der Waals surface area contributed by atoms with Crippen molar-refractivity contribution in [2.75, 3.05) is 18.5 Å². The fourth-order valence-corrected chi connectivity index (χ4v) is 2.47. The predicted octanol–water partition coefficient (Wildman–Crippen LogP) is 2.94. The highest BCUT2D eigenvalue weighted by Gasteiger charge is 2.46. The molecule has 0 aliphatic rings. The number of hydrogen-bond acceptors (Lipinski definition) is 4. The second-order valence-electron chi connectivity index (χ2n) is 4.54. The molecular formula is C13H18F3NO3S. The van der Waals surface area contributed by atoms with E-state index < -0.39 is 20.2 Å². The molecular weight excluding hydrogens is 307 g/mol. The number of hydrogen-bond donors (Lipinski definition) is 2. The Morgan fingerprint density at radius 1 is 1.00 bits per heavy atom. The van der Waals surface area contributed by atoms with E-state index in [0.29, 0.717) is 12.2 Å². The molecule has 0 amide bonds. The van der Waals surface area contributed by atoms with Crippen LogP contribution in [0.1, 0.15) is 25.7 Å². The number of unbranched alkanes of at least 4 members (excludes halogenated alkanes) is 3. The van der Waals surface area contributed by atoms with E-state index in [1.165, 1.54) is 12.1 Å². The third-order valence-electron chi connectivity index (χ3n) is 2.88. The maximum atomic E-state index is 12.3. The smallest absolute Gasteiger partial charge is 0.396 e. The molecule has 0 atom stereocenters. The Morgan fingerprint density at radius 3 is 2.10 bits per heavy atom. The maximum absolute atomic E-state index is 12.3. The van der Waals surface area contributed by atoms with Gasteiger partial charge in [-0.05, 0) is 37.1 Å². The van der Waals surface area contributed by atoms with Crippen LogP contribution in [-0.2, 0) is 9.84 Å². The summed E-state index contributed by atoms with van der Waals surface area (Å²) < 4.78 is 59.4. The molecule has 4 nitrogen and oxygen atoms in total. The van der Waals surface area contributed by atoms with Crippen LogP contribution in [0, 0.1) is 0 Å². The van der Waals surface area contributed by atoms with E-state index in [-0.39, 0.29) is 6.61 Å². The number of sulfone groups is 1. The maximum Gasteiger partial charge on any atom is 0.501 e. The minimum absolute atomic E-state index is 0.169. The zero-order valence-corrected chi connectivity index (χ0v) is 12.2. The van der Waals surface area contributed by atoms with Gasteiger partial charge in [-0.2, -0.15) is 13.2 Å². The van der Waals surface area contributed by atoms with E-state index in [4.69, 9.17) is 5.11 Å². The van der Waals surface area contributed by atoms with Gasteiger partial charge in [0.1, 0.15) is 0 Å². The molecule has 0 radical (unpaired) electrons. The number of nitrogens with one attached hydrogen (secondary N) is 1. The topological polar surface area (TPSA) is 66.4 Å². The van der Waals surface area contributed by atoms with Gasteiger partial charge in [-0.25, -0.2) is 8.42 Å². The lowest BCUT2D eigenvalue weighted by atomic mass is 10.2. The molecule has 0 aliphatic carbocycles. The Labute approximate surface area is 121 Å². The molecule has 1 aromatic rings. The van der Waals surface area contributed by atoms with Gasteiger partial charge in [-0.1, -0.05) is 12.8 Å². The predicted molar refractivity (Wildman–Crippen MR) is 73.7 cm³/mol. The van der Waals surface area contributed by atoms with Crippen LogP contribution in [0.5, 0.6) is 0 Å². The average Bonchev–Trinajstić information content (AvgIpc) is 2.42. The number of alkyl halides is 3. The third kappa shape index (κ3) is 5.20. The number of rotatable bonds is 8. The van der Waals surface area contributed by atoms with Crippen molar-refractivity contribution in [3.8, 4) is 0 Å². The van der Waals surface area contributed by atoms with Crippen molar-refractivity contribution >= 4 is 15.5 Å². The van der Waals surface area contributed by atoms with Crippen molar-refractivity contribution in [3.63, 3.8) is 0 Å². The van der Waals surface area contributed by atoms with E-state index in [1.807, 2.05) is 0 Å². The Hall–Kier alpha value is -1.28. The highest BCUT2D eigenvalue weighted by atomic mass is 32.2. The van der Waals surface area contributed by atoms with Crippen LogP contribution in [-0.4, -0.2) is 32.2 Å². The van der Waals surface area contributed by atoms with Crippen molar-refractivity contribution in [3.05, 3.63) is 24.3 Å². The van der Waals surface area contributed by atoms with Crippen LogP contribution >= 0.6 is 0 Å². The molecule has 2 N–H and O–H groups in total. The second-order valence-corrected chi connectivity index (χ2v) is 6.48. The van der Waals surface area contributed by atoms with Gasteiger partial charge in [0, 0.05) is 18.8 Å². The summed E-state index contributed by atoms with van der Waals surface area (Å²) in [6.45, 7) is 0.805. The fourth-order valence-electron chi connectivity index (χ4n) is 1.71. The fraction of sp³-hybridized carbons (Fsp3) is 0.538. The summed E-state index contributed by atoms with van der Waals surface area (Å²) in [5.74, 6) is 0. The molecule has 0 saturated heterocycles. The van der Waals surface area contributed by atoms with Crippen molar-refractivity contribution < 1.29 is 26.7 Å². The van der Waals surface area contributed by atoms with Gasteiger partial charge in [0.2, 0.25) is 0 Å². The molecule has 1 rings (SSSR count). The first kappa shape index (κ1) is 17.8. The van der Waals surface area contributed by atoms with Gasteiger partial charge in [0.15, 0.2) is 0 Å². The minimum Gasteiger partial charge on any atom is -0.396 e. The summed E-state index contributed by atoms with van der Waals surface area (Å²) in [7, 11) is -5.28. The number of anilines is 1. The van der Waals surface area contributed by atoms with Crippen LogP contribution in [0.4, 0.5) is 18.9 Å². The van der Waals surface area contributed by atoms with E-state index in [0.717, 1.165) is 37.8 Å². The molecule has 0 aromatic heterocycles. The Kier molecular flexibility index (Phi) is 6.47. The van der Waals surface area contributed by atoms with E-state index in [2.05, 4.69) is 5.32 Å². The van der Waals surface area contributed by atoms with Crippen LogP contribution in [0.2, 0.25) is 0 Å². The van der Waals surface area contributed by atoms with E-state index in [9.17, 15) is 21.6 Å². The van der Waals surface area contributed by atoms with Gasteiger partial charge < -0.3 is 10.4 Å². The van der Waals surface area contributed by atoms with Crippen LogP contribution in [0.15, 0.2) is 29.2 Å². The lowest BCUT2D eigenvalue weighted by Crippen LogP contribution is -2.23. The largest absolute Gasteiger partial charge is 0.501 e. The van der Waals surface area contributed by atoms with Crippen molar-refractivity contribution in [1.29, 1.82) is 0 Å². The molecule has 0 heterocycles. The first-order chi connectivity index (χ1) is 9.79. The zero-order valence-electron chi connectivity index (χ0n) is 11.4. The van der Waals surface area contributed by atoms with Crippen LogP contribution in [0.25, 0.3) is 0 Å². The zero-order chi connectivity index (χ0) is 15.9. The first-order valence-electron chi connectivity index (χ1n) is 6.55. The van der Waals surface area contributed by atoms with Crippen LogP contribution in [0.3, 0.4) is 0 Å². The highest BCUT2D eigenvalue weighted by Crippen LogP contribution is 2.30. The normalized spacial score (nSPS) is 12.4. The standard InChI is InChI=1S/C13H18F3NO3S/c14-13(15,16)21(19,20)12-7-5-11(6-8-12)17-9-3-1-2-4-10-18/h5-8,17-18H,1-4,9-10H2. The first-order valence-corrected chi connectivity index (χ1v) is 8.03.